The molecule has 2 rings (SSSR count). The van der Waals surface area contributed by atoms with Crippen molar-refractivity contribution in [3.05, 3.63) is 36.4 Å². The Balaban J connectivity index is -0.000000156. The predicted molar refractivity (Wildman–Crippen MR) is 205 cm³/mol. The number of unbranched alkanes of at least 4 members (excludes halogenated alkanes) is 6. The first-order chi connectivity index (χ1) is 24.9. The van der Waals surface area contributed by atoms with Crippen molar-refractivity contribution in [2.24, 2.45) is 0 Å². The number of ether oxygens (including phenoxy) is 3. The third-order valence-electron chi connectivity index (χ3n) is 6.01. The van der Waals surface area contributed by atoms with Crippen LogP contribution in [0.4, 0.5) is 4.39 Å². The summed E-state index contributed by atoms with van der Waals surface area (Å²) in [5, 5.41) is 61.1. The molecule has 0 amide bonds. The summed E-state index contributed by atoms with van der Waals surface area (Å²) >= 11 is 3.39. The first-order valence-corrected chi connectivity index (χ1v) is 18.3. The Morgan fingerprint density at radius 2 is 1.08 bits per heavy atom. The van der Waals surface area contributed by atoms with Crippen molar-refractivity contribution in [2.75, 3.05) is 45.4 Å². The Kier molecular flexibility index (Phi) is 54.9. The second-order valence-electron chi connectivity index (χ2n) is 10.9. The van der Waals surface area contributed by atoms with Crippen molar-refractivity contribution in [1.82, 2.24) is 10.5 Å². The van der Waals surface area contributed by atoms with Gasteiger partial charge in [0.1, 0.15) is 34.5 Å². The van der Waals surface area contributed by atoms with Crippen LogP contribution in [-0.2, 0) is 9.68 Å². The van der Waals surface area contributed by atoms with E-state index in [0.29, 0.717) is 37.1 Å². The molecule has 0 saturated carbocycles. The maximum atomic E-state index is 9.96. The topological polar surface area (TPSA) is 202 Å². The number of hydrogen-bond acceptors (Lipinski definition) is 13. The van der Waals surface area contributed by atoms with E-state index in [-0.39, 0.29) is 135 Å². The molecular weight excluding hydrogens is 811 g/mol. The number of alkyl halides is 2. The summed E-state index contributed by atoms with van der Waals surface area (Å²) in [6.45, 7) is 10.9. The Labute approximate surface area is 413 Å². The van der Waals surface area contributed by atoms with Crippen LogP contribution < -0.4 is 133 Å². The molecule has 0 radical (unpaired) electrons. The van der Waals surface area contributed by atoms with E-state index in [2.05, 4.69) is 31.3 Å². The van der Waals surface area contributed by atoms with Crippen molar-refractivity contribution in [3.8, 4) is 34.5 Å². The number of hydrogen-bond donors (Lipinski definition) is 7. The van der Waals surface area contributed by atoms with E-state index in [1.807, 2.05) is 19.9 Å². The summed E-state index contributed by atoms with van der Waals surface area (Å²) in [6.07, 6.45) is 11.0. The zero-order chi connectivity index (χ0) is 39.8. The number of benzene rings is 2. The SMILES string of the molecule is CB(O)NCCCCCCBr.CCCOc1cc(O)cc(O)c1.CCCOc1cc(O)cc(OCCCCCCNB(C)O)c1.O=CO[O-].[2H]CF.[H-].[K+].[K+]. The summed E-state index contributed by atoms with van der Waals surface area (Å²) < 4.78 is 31.9. The minimum absolute atomic E-state index is 0. The van der Waals surface area contributed by atoms with E-state index < -0.39 is 14.2 Å². The minimum Gasteiger partial charge on any atom is -1.00 e. The van der Waals surface area contributed by atoms with Crippen LogP contribution in [0.3, 0.4) is 0 Å². The molecule has 0 saturated heterocycles. The van der Waals surface area contributed by atoms with Crippen LogP contribution in [0.25, 0.3) is 0 Å². The number of carbonyl (C=O) groups excluding carboxylic acids is 1. The molecule has 296 valence electrons. The van der Waals surface area contributed by atoms with Gasteiger partial charge < -0.3 is 61.6 Å². The number of phenols is 3. The van der Waals surface area contributed by atoms with Crippen LogP contribution in [0.5, 0.6) is 34.5 Å². The zero-order valence-corrected chi connectivity index (χ0v) is 40.5. The Morgan fingerprint density at radius 1 is 0.736 bits per heavy atom. The molecule has 7 N–H and O–H groups in total. The molecule has 0 heterocycles. The van der Waals surface area contributed by atoms with Gasteiger partial charge in [-0.3, -0.25) is 9.18 Å². The van der Waals surface area contributed by atoms with Crippen molar-refractivity contribution in [1.29, 1.82) is 0 Å². The number of carbonyl (C=O) groups is 1. The largest absolute Gasteiger partial charge is 1.00 e. The first kappa shape index (κ1) is 60.0. The number of rotatable bonds is 23. The van der Waals surface area contributed by atoms with Crippen LogP contribution in [0.15, 0.2) is 36.4 Å². The van der Waals surface area contributed by atoms with Gasteiger partial charge in [0.05, 0.1) is 28.3 Å². The van der Waals surface area contributed by atoms with Gasteiger partial charge in [-0.05, 0) is 65.3 Å². The fraction of sp³-hybridized carbons (Fsp3) is 0.618. The second-order valence-corrected chi connectivity index (χ2v) is 11.7. The molecular formula is C34H62B2BrFK2N2O11. The van der Waals surface area contributed by atoms with Gasteiger partial charge in [-0.25, -0.2) is 0 Å². The van der Waals surface area contributed by atoms with Gasteiger partial charge in [0.25, 0.3) is 6.47 Å². The molecule has 0 unspecified atom stereocenters. The van der Waals surface area contributed by atoms with Crippen LogP contribution in [0.1, 0.15) is 80.9 Å². The Bertz CT molecular complexity index is 1070. The van der Waals surface area contributed by atoms with E-state index in [1.54, 1.807) is 25.8 Å². The molecule has 2 aromatic carbocycles. The Morgan fingerprint density at radius 3 is 1.43 bits per heavy atom. The third kappa shape index (κ3) is 48.4. The molecule has 0 fully saturated rings. The molecule has 0 aliphatic carbocycles. The number of nitrogens with one attached hydrogen (secondary N) is 2. The van der Waals surface area contributed by atoms with E-state index >= 15 is 0 Å². The van der Waals surface area contributed by atoms with Gasteiger partial charge in [-0.1, -0.05) is 55.5 Å². The molecule has 0 aliphatic heterocycles. The van der Waals surface area contributed by atoms with Crippen molar-refractivity contribution in [3.63, 3.8) is 0 Å². The summed E-state index contributed by atoms with van der Waals surface area (Å²) in [5.74, 6) is 1.97. The van der Waals surface area contributed by atoms with Crippen LogP contribution in [0, 0.1) is 0 Å². The minimum atomic E-state index is -1.00. The maximum absolute atomic E-state index is 9.96. The summed E-state index contributed by atoms with van der Waals surface area (Å²) in [5.41, 5.74) is 0. The third-order valence-corrected chi connectivity index (χ3v) is 6.57. The Hall–Kier alpha value is 0.323. The van der Waals surface area contributed by atoms with Gasteiger partial charge in [0, 0.05) is 41.7 Å². The molecule has 13 nitrogen and oxygen atoms in total. The van der Waals surface area contributed by atoms with Crippen LogP contribution in [0.2, 0.25) is 13.6 Å². The van der Waals surface area contributed by atoms with E-state index in [1.165, 1.54) is 37.5 Å². The van der Waals surface area contributed by atoms with E-state index in [9.17, 15) is 9.50 Å². The smallest absolute Gasteiger partial charge is 1.00 e. The monoisotopic (exact) mass is 873 g/mol. The van der Waals surface area contributed by atoms with Crippen molar-refractivity contribution >= 4 is 36.5 Å². The molecule has 0 spiro atoms. The van der Waals surface area contributed by atoms with Gasteiger partial charge in [0.15, 0.2) is 0 Å². The standard InChI is InChI=1S/C16H28BNO4.C9H12O3.C7H17BBrNO.CH3F.CH2O3.2K.H/c1-3-9-21-15-11-14(19)12-16(13-15)22-10-7-5-4-6-8-18-17(2)20;1-2-3-12-9-5-7(10)4-8(11)6-9;1-8(11)10-7-5-3-2-4-6-9;1-2;2-1-4-3;;;/h11-13,18-20H,3-10H2,1-2H3;4-6,10-11H,2-3H2,1H3;10-11H,2-7H2,1H3;1H3;1,3H;;;/q;;;;;2*+1;-1/p-1/i;;;1D;;;;. The zero-order valence-electron chi connectivity index (χ0n) is 34.7. The molecule has 53 heavy (non-hydrogen) atoms. The molecule has 2 aromatic rings. The van der Waals surface area contributed by atoms with E-state index in [4.69, 9.17) is 45.9 Å². The van der Waals surface area contributed by atoms with Gasteiger partial charge >= 0.3 is 117 Å². The van der Waals surface area contributed by atoms with Crippen molar-refractivity contribution in [2.45, 2.75) is 91.7 Å². The van der Waals surface area contributed by atoms with Gasteiger partial charge in [-0.15, -0.1) is 0 Å². The summed E-state index contributed by atoms with van der Waals surface area (Å²) in [6, 6.07) is 9.20. The summed E-state index contributed by atoms with van der Waals surface area (Å²) in [7, 11) is -1.79. The predicted octanol–water partition coefficient (Wildman–Crippen LogP) is -0.511. The normalized spacial score (nSPS) is 9.42. The van der Waals surface area contributed by atoms with Crippen molar-refractivity contribution < 1.29 is 164 Å². The molecule has 0 bridgehead atoms. The number of phenolic OH excluding ortho intramolecular Hbond substituents is 3. The average molecular weight is 875 g/mol. The molecule has 0 atom stereocenters. The van der Waals surface area contributed by atoms with Crippen LogP contribution >= 0.6 is 15.9 Å². The number of aromatic hydroxyl groups is 3. The van der Waals surface area contributed by atoms with E-state index in [0.717, 1.165) is 63.4 Å². The fourth-order valence-corrected chi connectivity index (χ4v) is 4.18. The first-order valence-electron chi connectivity index (χ1n) is 17.9. The molecule has 19 heteroatoms. The fourth-order valence-electron chi connectivity index (χ4n) is 3.78. The summed E-state index contributed by atoms with van der Waals surface area (Å²) in [4.78, 5) is 11.2. The second kappa shape index (κ2) is 48.5. The number of halogens is 2. The average Bonchev–Trinajstić information content (AvgIpc) is 3.09. The van der Waals surface area contributed by atoms with Gasteiger partial charge in [0.2, 0.25) is 0 Å². The van der Waals surface area contributed by atoms with Gasteiger partial charge in [-0.2, -0.15) is 0 Å². The molecule has 0 aliphatic rings. The van der Waals surface area contributed by atoms with Crippen LogP contribution in [-0.4, -0.2) is 91.3 Å². The maximum Gasteiger partial charge on any atom is 1.00 e. The molecule has 0 aromatic heterocycles. The quantitative estimate of drug-likeness (QED) is 0.0188.